The molecule has 1 aromatic rings. The van der Waals surface area contributed by atoms with Gasteiger partial charge in [0.25, 0.3) is 0 Å². The van der Waals surface area contributed by atoms with Crippen LogP contribution in [0.15, 0.2) is 23.1 Å². The lowest BCUT2D eigenvalue weighted by atomic mass is 9.49. The normalized spacial score (nSPS) is 34.7. The van der Waals surface area contributed by atoms with Crippen LogP contribution in [-0.2, 0) is 10.0 Å². The highest BCUT2D eigenvalue weighted by Crippen LogP contribution is 2.61. The molecule has 4 aliphatic rings. The van der Waals surface area contributed by atoms with E-state index in [0.29, 0.717) is 21.9 Å². The van der Waals surface area contributed by atoms with Crippen LogP contribution in [0.1, 0.15) is 50.5 Å². The number of hydrogen-bond acceptors (Lipinski definition) is 2. The summed E-state index contributed by atoms with van der Waals surface area (Å²) in [7, 11) is -3.44. The van der Waals surface area contributed by atoms with E-state index in [9.17, 15) is 8.42 Å². The van der Waals surface area contributed by atoms with Gasteiger partial charge in [-0.1, -0.05) is 11.6 Å². The first-order valence-corrected chi connectivity index (χ1v) is 11.0. The van der Waals surface area contributed by atoms with Crippen molar-refractivity contribution < 1.29 is 8.42 Å². The molecule has 4 aliphatic carbocycles. The summed E-state index contributed by atoms with van der Waals surface area (Å²) in [6.07, 6.45) is 9.23. The summed E-state index contributed by atoms with van der Waals surface area (Å²) < 4.78 is 27.9. The molecule has 1 aromatic carbocycles. The maximum atomic E-state index is 12.5. The third kappa shape index (κ3) is 3.13. The van der Waals surface area contributed by atoms with Gasteiger partial charge in [-0.25, -0.2) is 13.1 Å². The van der Waals surface area contributed by atoms with Crippen LogP contribution in [0.4, 0.5) is 0 Å². The Morgan fingerprint density at radius 1 is 1.12 bits per heavy atom. The molecule has 24 heavy (non-hydrogen) atoms. The van der Waals surface area contributed by atoms with Crippen molar-refractivity contribution in [3.8, 4) is 0 Å². The minimum atomic E-state index is -3.44. The van der Waals surface area contributed by atoms with Gasteiger partial charge in [-0.15, -0.1) is 0 Å². The van der Waals surface area contributed by atoms with Crippen molar-refractivity contribution in [2.45, 2.75) is 56.8 Å². The van der Waals surface area contributed by atoms with Crippen molar-refractivity contribution in [1.29, 1.82) is 0 Å². The predicted molar refractivity (Wildman–Crippen MR) is 96.6 cm³/mol. The monoisotopic (exact) mass is 367 g/mol. The first-order chi connectivity index (χ1) is 11.4. The van der Waals surface area contributed by atoms with Gasteiger partial charge in [-0.3, -0.25) is 0 Å². The van der Waals surface area contributed by atoms with E-state index < -0.39 is 10.0 Å². The Kier molecular flexibility index (Phi) is 4.21. The minimum Gasteiger partial charge on any atom is -0.211 e. The summed E-state index contributed by atoms with van der Waals surface area (Å²) in [5, 5.41) is 0.600. The molecule has 0 heterocycles. The van der Waals surface area contributed by atoms with Gasteiger partial charge >= 0.3 is 0 Å². The van der Waals surface area contributed by atoms with Gasteiger partial charge < -0.3 is 0 Å². The van der Waals surface area contributed by atoms with E-state index in [0.717, 1.165) is 29.7 Å². The smallest absolute Gasteiger partial charge is 0.211 e. The summed E-state index contributed by atoms with van der Waals surface area (Å²) in [5.74, 6) is 2.73. The Bertz CT molecular complexity index is 708. The molecule has 0 saturated heterocycles. The molecule has 0 aromatic heterocycles. The number of rotatable bonds is 5. The van der Waals surface area contributed by atoms with Crippen molar-refractivity contribution in [3.05, 3.63) is 28.8 Å². The lowest BCUT2D eigenvalue weighted by Gasteiger charge is -2.57. The number of nitrogens with one attached hydrogen (secondary N) is 1. The number of benzene rings is 1. The second-order valence-corrected chi connectivity index (χ2v) is 10.7. The third-order valence-electron chi connectivity index (χ3n) is 6.55. The highest BCUT2D eigenvalue weighted by atomic mass is 35.5. The van der Waals surface area contributed by atoms with Crippen molar-refractivity contribution in [2.24, 2.45) is 23.2 Å². The van der Waals surface area contributed by atoms with E-state index in [-0.39, 0.29) is 0 Å². The summed E-state index contributed by atoms with van der Waals surface area (Å²) >= 11 is 6.00. The van der Waals surface area contributed by atoms with Gasteiger partial charge in [0.15, 0.2) is 0 Å². The van der Waals surface area contributed by atoms with E-state index in [4.69, 9.17) is 11.6 Å². The Morgan fingerprint density at radius 3 is 2.25 bits per heavy atom. The number of halogens is 1. The molecule has 5 heteroatoms. The number of sulfonamides is 1. The number of hydrogen-bond donors (Lipinski definition) is 1. The Balaban J connectivity index is 1.41. The molecule has 4 fully saturated rings. The second kappa shape index (κ2) is 6.00. The maximum Gasteiger partial charge on any atom is 0.240 e. The van der Waals surface area contributed by atoms with E-state index in [1.807, 2.05) is 6.92 Å². The molecule has 0 atom stereocenters. The van der Waals surface area contributed by atoms with Gasteiger partial charge in [-0.05, 0) is 98.8 Å². The molecular weight excluding hydrogens is 342 g/mol. The van der Waals surface area contributed by atoms with Crippen LogP contribution in [0.5, 0.6) is 0 Å². The molecule has 4 saturated carbocycles. The van der Waals surface area contributed by atoms with Gasteiger partial charge in [0, 0.05) is 11.6 Å². The van der Waals surface area contributed by atoms with Gasteiger partial charge in [-0.2, -0.15) is 0 Å². The third-order valence-corrected chi connectivity index (χ3v) is 8.43. The van der Waals surface area contributed by atoms with Crippen LogP contribution in [-0.4, -0.2) is 15.0 Å². The molecule has 1 N–H and O–H groups in total. The summed E-state index contributed by atoms with van der Waals surface area (Å²) in [5.41, 5.74) is 1.20. The van der Waals surface area contributed by atoms with Crippen molar-refractivity contribution in [3.63, 3.8) is 0 Å². The molecule has 0 amide bonds. The summed E-state index contributed by atoms with van der Waals surface area (Å²) in [6, 6.07) is 4.89. The molecule has 3 nitrogen and oxygen atoms in total. The fourth-order valence-corrected chi connectivity index (χ4v) is 7.15. The lowest BCUT2D eigenvalue weighted by Crippen LogP contribution is -2.47. The van der Waals surface area contributed by atoms with Crippen LogP contribution < -0.4 is 4.72 Å². The predicted octanol–water partition coefficient (Wildman–Crippen LogP) is 4.53. The molecular formula is C19H26ClNO2S. The zero-order chi connectivity index (χ0) is 16.9. The molecule has 0 radical (unpaired) electrons. The topological polar surface area (TPSA) is 46.2 Å². The van der Waals surface area contributed by atoms with Crippen LogP contribution in [0.2, 0.25) is 5.02 Å². The van der Waals surface area contributed by atoms with Gasteiger partial charge in [0.1, 0.15) is 0 Å². The first kappa shape index (κ1) is 16.9. The average molecular weight is 368 g/mol. The standard InChI is InChI=1S/C19H26ClNO2S/c1-13-6-17(2-3-18(13)20)24(22,23)21-5-4-19-10-14-7-15(11-19)9-16(8-14)12-19/h2-3,6,14-16,21H,4-5,7-12H2,1H3. The van der Waals surface area contributed by atoms with Crippen molar-refractivity contribution in [2.75, 3.05) is 6.54 Å². The van der Waals surface area contributed by atoms with E-state index in [2.05, 4.69) is 4.72 Å². The molecule has 0 aliphatic heterocycles. The fraction of sp³-hybridized carbons (Fsp3) is 0.684. The van der Waals surface area contributed by atoms with Crippen molar-refractivity contribution in [1.82, 2.24) is 4.72 Å². The van der Waals surface area contributed by atoms with Crippen LogP contribution in [0, 0.1) is 30.1 Å². The fourth-order valence-electron chi connectivity index (χ4n) is 5.91. The first-order valence-electron chi connectivity index (χ1n) is 9.11. The quantitative estimate of drug-likeness (QED) is 0.830. The maximum absolute atomic E-state index is 12.5. The molecule has 5 rings (SSSR count). The zero-order valence-electron chi connectivity index (χ0n) is 14.2. The van der Waals surface area contributed by atoms with Crippen LogP contribution in [0.3, 0.4) is 0 Å². The van der Waals surface area contributed by atoms with Gasteiger partial charge in [0.05, 0.1) is 4.90 Å². The highest BCUT2D eigenvalue weighted by molar-refractivity contribution is 7.89. The van der Waals surface area contributed by atoms with E-state index in [1.165, 1.54) is 38.5 Å². The zero-order valence-corrected chi connectivity index (χ0v) is 15.8. The van der Waals surface area contributed by atoms with Crippen LogP contribution >= 0.6 is 11.6 Å². The number of aryl methyl sites for hydroxylation is 1. The SMILES string of the molecule is Cc1cc(S(=O)(=O)NCCC23CC4CC(CC(C4)C2)C3)ccc1Cl. The molecule has 132 valence electrons. The Hall–Kier alpha value is -0.580. The Labute approximate surface area is 150 Å². The molecule has 0 spiro atoms. The molecule has 4 bridgehead atoms. The average Bonchev–Trinajstić information content (AvgIpc) is 2.48. The highest BCUT2D eigenvalue weighted by Gasteiger charge is 2.50. The summed E-state index contributed by atoms with van der Waals surface area (Å²) in [6.45, 7) is 2.38. The van der Waals surface area contributed by atoms with Crippen molar-refractivity contribution >= 4 is 21.6 Å². The summed E-state index contributed by atoms with van der Waals surface area (Å²) in [4.78, 5) is 0.315. The van der Waals surface area contributed by atoms with E-state index in [1.54, 1.807) is 18.2 Å². The second-order valence-electron chi connectivity index (χ2n) is 8.48. The largest absolute Gasteiger partial charge is 0.240 e. The Morgan fingerprint density at radius 2 is 1.71 bits per heavy atom. The lowest BCUT2D eigenvalue weighted by molar-refractivity contribution is -0.0561. The minimum absolute atomic E-state index is 0.315. The van der Waals surface area contributed by atoms with Gasteiger partial charge in [0.2, 0.25) is 10.0 Å². The van der Waals surface area contributed by atoms with E-state index >= 15 is 0 Å². The van der Waals surface area contributed by atoms with Crippen LogP contribution in [0.25, 0.3) is 0 Å². The molecule has 0 unspecified atom stereocenters.